The molecule has 1 saturated carbocycles. The highest BCUT2D eigenvalue weighted by molar-refractivity contribution is 5.76. The van der Waals surface area contributed by atoms with E-state index in [9.17, 15) is 9.50 Å². The number of ether oxygens (including phenoxy) is 2. The molecule has 2 aromatic carbocycles. The fourth-order valence-electron chi connectivity index (χ4n) is 4.88. The van der Waals surface area contributed by atoms with E-state index in [1.165, 1.54) is 6.07 Å². The minimum atomic E-state index is -0.775. The van der Waals surface area contributed by atoms with E-state index in [-0.39, 0.29) is 30.2 Å². The summed E-state index contributed by atoms with van der Waals surface area (Å²) >= 11 is 0. The van der Waals surface area contributed by atoms with Crippen molar-refractivity contribution in [3.8, 4) is 22.9 Å². The molecule has 0 saturated heterocycles. The molecule has 1 spiro atoms. The van der Waals surface area contributed by atoms with Gasteiger partial charge in [-0.3, -0.25) is 0 Å². The van der Waals surface area contributed by atoms with Gasteiger partial charge in [0.1, 0.15) is 35.9 Å². The van der Waals surface area contributed by atoms with E-state index >= 15 is 0 Å². The topological polar surface area (TPSA) is 101 Å². The lowest BCUT2D eigenvalue weighted by atomic mass is 9.67. The van der Waals surface area contributed by atoms with Crippen LogP contribution in [0.5, 0.6) is 5.75 Å². The summed E-state index contributed by atoms with van der Waals surface area (Å²) in [6.45, 7) is 0.257. The Morgan fingerprint density at radius 1 is 1.28 bits per heavy atom. The number of rotatable bonds is 1. The normalized spacial score (nSPS) is 29.8. The minimum Gasteiger partial charge on any atom is -0.490 e. The van der Waals surface area contributed by atoms with Crippen molar-refractivity contribution in [2.75, 3.05) is 6.61 Å². The molecule has 148 valence electrons. The molecular weight excluding hydrogens is 373 g/mol. The first kappa shape index (κ1) is 18.0. The van der Waals surface area contributed by atoms with Crippen LogP contribution in [0.25, 0.3) is 11.1 Å². The summed E-state index contributed by atoms with van der Waals surface area (Å²) in [5.41, 5.74) is 6.84. The zero-order valence-electron chi connectivity index (χ0n) is 15.6. The molecule has 1 fully saturated rings. The van der Waals surface area contributed by atoms with E-state index in [1.807, 2.05) is 18.2 Å². The van der Waals surface area contributed by atoms with Crippen molar-refractivity contribution in [3.63, 3.8) is 0 Å². The van der Waals surface area contributed by atoms with Crippen LogP contribution in [0.3, 0.4) is 0 Å². The molecule has 2 aromatic rings. The van der Waals surface area contributed by atoms with Gasteiger partial charge in [0.05, 0.1) is 11.7 Å². The van der Waals surface area contributed by atoms with Gasteiger partial charge in [-0.2, -0.15) is 5.26 Å². The Labute approximate surface area is 167 Å². The van der Waals surface area contributed by atoms with E-state index in [2.05, 4.69) is 4.99 Å². The van der Waals surface area contributed by atoms with Gasteiger partial charge in [-0.05, 0) is 43.0 Å². The number of amidine groups is 1. The lowest BCUT2D eigenvalue weighted by molar-refractivity contribution is -0.0359. The summed E-state index contributed by atoms with van der Waals surface area (Å²) < 4.78 is 26.6. The molecule has 29 heavy (non-hydrogen) atoms. The van der Waals surface area contributed by atoms with Gasteiger partial charge in [0, 0.05) is 17.0 Å². The summed E-state index contributed by atoms with van der Waals surface area (Å²) in [7, 11) is 0. The van der Waals surface area contributed by atoms with Gasteiger partial charge in [-0.1, -0.05) is 18.2 Å². The molecule has 0 bridgehead atoms. The number of fused-ring (bicyclic) bond motifs is 4. The Hall–Kier alpha value is -3.11. The highest BCUT2D eigenvalue weighted by Crippen LogP contribution is 2.53. The molecule has 2 aliphatic heterocycles. The zero-order valence-corrected chi connectivity index (χ0v) is 15.6. The molecule has 2 heterocycles. The number of aliphatic hydroxyl groups is 1. The van der Waals surface area contributed by atoms with Crippen LogP contribution in [0.2, 0.25) is 0 Å². The highest BCUT2D eigenvalue weighted by Gasteiger charge is 2.55. The summed E-state index contributed by atoms with van der Waals surface area (Å²) in [4.78, 5) is 4.67. The van der Waals surface area contributed by atoms with Gasteiger partial charge in [0.15, 0.2) is 0 Å². The lowest BCUT2D eigenvalue weighted by Crippen LogP contribution is -2.51. The summed E-state index contributed by atoms with van der Waals surface area (Å²) in [5.74, 6) is 0.0213. The number of nitriles is 1. The first-order valence-corrected chi connectivity index (χ1v) is 9.68. The van der Waals surface area contributed by atoms with E-state index in [4.69, 9.17) is 20.5 Å². The number of hydrogen-bond donors (Lipinski definition) is 2. The first-order valence-electron chi connectivity index (χ1n) is 9.68. The quantitative estimate of drug-likeness (QED) is 0.776. The third-order valence-corrected chi connectivity index (χ3v) is 6.28. The third kappa shape index (κ3) is 2.67. The SMILES string of the molecule is N#Cc1cccc(-c2ccc3c(c2)C2(COC(N)=N2)[C@H]2C[C@@H](O)CCC2O3)c1F. The first-order chi connectivity index (χ1) is 14.0. The molecule has 4 atom stereocenters. The summed E-state index contributed by atoms with van der Waals surface area (Å²) in [6.07, 6.45) is 1.42. The van der Waals surface area contributed by atoms with Gasteiger partial charge in [0.2, 0.25) is 0 Å². The standard InChI is InChI=1S/C22H20FN3O3/c23-20-13(10-24)2-1-3-15(20)12-4-6-18-16(8-12)22(11-28-21(25)26-22)17-9-14(27)5-7-19(17)29-18/h1-4,6,8,14,17,19,27H,5,7,9,11H2,(H2,25,26)/t14-,17-,19?,22?/m0/s1. The fourth-order valence-corrected chi connectivity index (χ4v) is 4.88. The number of aliphatic imine (C=N–C) groups is 1. The lowest BCUT2D eigenvalue weighted by Gasteiger charge is -2.47. The molecule has 6 nitrogen and oxygen atoms in total. The van der Waals surface area contributed by atoms with Gasteiger partial charge < -0.3 is 20.3 Å². The van der Waals surface area contributed by atoms with Crippen molar-refractivity contribution in [3.05, 3.63) is 53.3 Å². The Bertz CT molecular complexity index is 1060. The van der Waals surface area contributed by atoms with Crippen LogP contribution in [-0.2, 0) is 10.3 Å². The predicted molar refractivity (Wildman–Crippen MR) is 104 cm³/mol. The average Bonchev–Trinajstić information content (AvgIpc) is 3.11. The maximum absolute atomic E-state index is 14.8. The molecular formula is C22H20FN3O3. The zero-order chi connectivity index (χ0) is 20.2. The Balaban J connectivity index is 1.68. The maximum Gasteiger partial charge on any atom is 0.283 e. The number of benzene rings is 2. The van der Waals surface area contributed by atoms with Crippen molar-refractivity contribution < 1.29 is 19.0 Å². The minimum absolute atomic E-state index is 0.00637. The number of hydrogen-bond acceptors (Lipinski definition) is 6. The second kappa shape index (κ2) is 6.46. The Kier molecular flexibility index (Phi) is 4.00. The van der Waals surface area contributed by atoms with Crippen LogP contribution in [0.15, 0.2) is 41.4 Å². The van der Waals surface area contributed by atoms with Gasteiger partial charge in [-0.25, -0.2) is 9.38 Å². The van der Waals surface area contributed by atoms with Gasteiger partial charge in [-0.15, -0.1) is 0 Å². The molecule has 0 radical (unpaired) electrons. The second-order valence-electron chi connectivity index (χ2n) is 7.88. The van der Waals surface area contributed by atoms with Crippen molar-refractivity contribution in [2.45, 2.75) is 37.0 Å². The molecule has 0 aromatic heterocycles. The Morgan fingerprint density at radius 2 is 2.14 bits per heavy atom. The fraction of sp³-hybridized carbons (Fsp3) is 0.364. The van der Waals surface area contributed by atoms with Crippen LogP contribution in [0.1, 0.15) is 30.4 Å². The van der Waals surface area contributed by atoms with Gasteiger partial charge in [0.25, 0.3) is 6.02 Å². The third-order valence-electron chi connectivity index (χ3n) is 6.28. The number of nitrogens with zero attached hydrogens (tertiary/aromatic N) is 2. The van der Waals surface area contributed by atoms with Crippen molar-refractivity contribution in [1.29, 1.82) is 5.26 Å². The van der Waals surface area contributed by atoms with E-state index in [0.29, 0.717) is 29.7 Å². The van der Waals surface area contributed by atoms with Crippen LogP contribution in [0.4, 0.5) is 4.39 Å². The molecule has 5 rings (SSSR count). The van der Waals surface area contributed by atoms with Crippen molar-refractivity contribution in [1.82, 2.24) is 0 Å². The van der Waals surface area contributed by atoms with Crippen LogP contribution in [-0.4, -0.2) is 29.9 Å². The summed E-state index contributed by atoms with van der Waals surface area (Å²) in [5, 5.41) is 19.4. The van der Waals surface area contributed by atoms with E-state index in [0.717, 1.165) is 12.0 Å². The smallest absolute Gasteiger partial charge is 0.283 e. The van der Waals surface area contributed by atoms with E-state index < -0.39 is 17.5 Å². The predicted octanol–water partition coefficient (Wildman–Crippen LogP) is 2.83. The number of aliphatic hydroxyl groups excluding tert-OH is 1. The molecule has 3 aliphatic rings. The van der Waals surface area contributed by atoms with Crippen LogP contribution < -0.4 is 10.5 Å². The van der Waals surface area contributed by atoms with Crippen molar-refractivity contribution >= 4 is 6.02 Å². The molecule has 7 heteroatoms. The average molecular weight is 393 g/mol. The largest absolute Gasteiger partial charge is 0.490 e. The Morgan fingerprint density at radius 3 is 2.90 bits per heavy atom. The number of nitrogens with two attached hydrogens (primary N) is 1. The van der Waals surface area contributed by atoms with Gasteiger partial charge >= 0.3 is 0 Å². The number of halogens is 1. The van der Waals surface area contributed by atoms with Crippen LogP contribution >= 0.6 is 0 Å². The monoisotopic (exact) mass is 393 g/mol. The highest BCUT2D eigenvalue weighted by atomic mass is 19.1. The molecule has 2 unspecified atom stereocenters. The molecule has 3 N–H and O–H groups in total. The van der Waals surface area contributed by atoms with Crippen LogP contribution in [0, 0.1) is 23.1 Å². The van der Waals surface area contributed by atoms with E-state index in [1.54, 1.807) is 18.2 Å². The molecule has 1 aliphatic carbocycles. The second-order valence-corrected chi connectivity index (χ2v) is 7.88. The maximum atomic E-state index is 14.8. The van der Waals surface area contributed by atoms with Crippen molar-refractivity contribution in [2.24, 2.45) is 16.6 Å². The molecule has 0 amide bonds. The summed E-state index contributed by atoms with van der Waals surface area (Å²) in [6, 6.07) is 12.2.